The molecule has 0 spiro atoms. The van der Waals surface area contributed by atoms with Crippen LogP contribution in [0.4, 0.5) is 0 Å². The van der Waals surface area contributed by atoms with Gasteiger partial charge < -0.3 is 27.2 Å². The van der Waals surface area contributed by atoms with Gasteiger partial charge in [-0.25, -0.2) is 14.4 Å². The first-order valence-electron chi connectivity index (χ1n) is 15.9. The minimum absolute atomic E-state index is 0.0434. The molecule has 2 fully saturated rings. The highest BCUT2D eigenvalue weighted by Gasteiger charge is 2.67. The van der Waals surface area contributed by atoms with Gasteiger partial charge in [0.2, 0.25) is 0 Å². The zero-order valence-corrected chi connectivity index (χ0v) is 30.0. The Bertz CT molecular complexity index is 1250. The molecule has 0 aliphatic carbocycles. The first kappa shape index (κ1) is 36.4. The van der Waals surface area contributed by atoms with Crippen molar-refractivity contribution in [3.63, 3.8) is 0 Å². The molecule has 250 valence electrons. The average molecular weight is 657 g/mol. The van der Waals surface area contributed by atoms with Crippen molar-refractivity contribution < 1.29 is 36.8 Å². The molecule has 1 N–H and O–H groups in total. The van der Waals surface area contributed by atoms with Gasteiger partial charge in [0.25, 0.3) is 5.56 Å². The number of H-pyrrole nitrogens is 1. The van der Waals surface area contributed by atoms with E-state index < -0.39 is 64.3 Å². The van der Waals surface area contributed by atoms with E-state index in [1.807, 2.05) is 0 Å². The Labute approximate surface area is 262 Å². The van der Waals surface area contributed by atoms with Crippen LogP contribution < -0.4 is 11.2 Å². The zero-order chi connectivity index (χ0) is 33.0. The van der Waals surface area contributed by atoms with Crippen LogP contribution in [0.15, 0.2) is 21.9 Å². The van der Waals surface area contributed by atoms with Gasteiger partial charge in [0.15, 0.2) is 11.8 Å². The molecule has 0 bridgehead atoms. The maximum absolute atomic E-state index is 13.3. The average Bonchev–Trinajstić information content (AvgIpc) is 3.21. The molecule has 1 aromatic rings. The summed E-state index contributed by atoms with van der Waals surface area (Å²) in [7, 11) is -5.09. The molecule has 2 aliphatic heterocycles. The number of hydrogen-bond donors (Lipinski definition) is 1. The quantitative estimate of drug-likeness (QED) is 0.152. The number of carbonyl (C=O) groups excluding carboxylic acids is 2. The number of rotatable bonds is 11. The lowest BCUT2D eigenvalue weighted by molar-refractivity contribution is -0.193. The van der Waals surface area contributed by atoms with Crippen LogP contribution in [0.3, 0.4) is 0 Å². The van der Waals surface area contributed by atoms with Crippen LogP contribution in [-0.2, 0) is 36.8 Å². The van der Waals surface area contributed by atoms with Gasteiger partial charge in [-0.3, -0.25) is 14.3 Å². The molecule has 44 heavy (non-hydrogen) atoms. The van der Waals surface area contributed by atoms with Crippen molar-refractivity contribution in [2.75, 3.05) is 13.7 Å². The highest BCUT2D eigenvalue weighted by atomic mass is 28.5. The number of carbonyl (C=O) groups is 2. The van der Waals surface area contributed by atoms with E-state index in [1.165, 1.54) is 16.8 Å². The Balaban J connectivity index is 2.34. The molecule has 0 amide bonds. The molecule has 0 radical (unpaired) electrons. The van der Waals surface area contributed by atoms with Gasteiger partial charge >= 0.3 is 34.8 Å². The highest BCUT2D eigenvalue weighted by molar-refractivity contribution is 6.84. The van der Waals surface area contributed by atoms with Crippen LogP contribution >= 0.6 is 0 Å². The monoisotopic (exact) mass is 656 g/mol. The molecule has 14 heteroatoms. The summed E-state index contributed by atoms with van der Waals surface area (Å²) >= 11 is 0. The van der Waals surface area contributed by atoms with E-state index in [4.69, 9.17) is 27.2 Å². The lowest BCUT2D eigenvalue weighted by Crippen LogP contribution is -2.67. The van der Waals surface area contributed by atoms with Crippen LogP contribution in [0.25, 0.3) is 0 Å². The molecule has 2 saturated heterocycles. The van der Waals surface area contributed by atoms with E-state index in [2.05, 4.69) is 67.3 Å². The molecular formula is C30H52N2O10Si2. The number of esters is 2. The number of nitrogens with zero attached hydrogens (tertiary/aromatic N) is 1. The predicted octanol–water partition coefficient (Wildman–Crippen LogP) is 4.82. The second-order valence-electron chi connectivity index (χ2n) is 13.2. The highest BCUT2D eigenvalue weighted by Crippen LogP contribution is 2.53. The molecule has 0 unspecified atom stereocenters. The second kappa shape index (κ2) is 14.5. The van der Waals surface area contributed by atoms with Crippen molar-refractivity contribution in [3.05, 3.63) is 33.1 Å². The van der Waals surface area contributed by atoms with E-state index in [9.17, 15) is 19.2 Å². The summed E-state index contributed by atoms with van der Waals surface area (Å²) < 4.78 is 40.3. The van der Waals surface area contributed by atoms with Gasteiger partial charge in [0.05, 0.1) is 13.7 Å². The number of ether oxygens (including phenoxy) is 3. The maximum atomic E-state index is 13.3. The van der Waals surface area contributed by atoms with Gasteiger partial charge in [0, 0.05) is 12.3 Å². The number of methoxy groups -OCH3 is 1. The Morgan fingerprint density at radius 3 is 2.11 bits per heavy atom. The molecule has 4 atom stereocenters. The minimum Gasteiger partial charge on any atom is -0.461 e. The zero-order valence-electron chi connectivity index (χ0n) is 28.0. The molecule has 2 aliphatic rings. The first-order valence-corrected chi connectivity index (χ1v) is 19.9. The molecule has 1 aromatic heterocycles. The minimum atomic E-state index is -3.25. The van der Waals surface area contributed by atoms with Crippen LogP contribution in [0.1, 0.15) is 101 Å². The van der Waals surface area contributed by atoms with Crippen molar-refractivity contribution in [1.82, 2.24) is 9.55 Å². The van der Waals surface area contributed by atoms with Gasteiger partial charge in [-0.2, -0.15) is 0 Å². The third-order valence-electron chi connectivity index (χ3n) is 9.02. The normalized spacial score (nSPS) is 26.5. The summed E-state index contributed by atoms with van der Waals surface area (Å²) in [6.07, 6.45) is 1.84. The van der Waals surface area contributed by atoms with Crippen LogP contribution in [0, 0.1) is 0 Å². The van der Waals surface area contributed by atoms with Crippen LogP contribution in [-0.4, -0.2) is 70.1 Å². The summed E-state index contributed by atoms with van der Waals surface area (Å²) in [5.41, 5.74) is -2.90. The lowest BCUT2D eigenvalue weighted by Gasteiger charge is -2.52. The number of unbranched alkanes of at least 4 members (excludes halogenated alkanes) is 3. The standard InChI is InChI=1S/C30H52N2O10Si2/c1-11-12-13-14-16-30(40-27(35)26(34)37-10)25-23(39-28(30)32-17-15-24(33)31-29(32)36)18-38-43(19(2)3,20(4)5)42-44(41-25,21(6)7)22(8)9/h15,17,19-23,25,28H,11-14,16,18H2,1-10H3,(H,31,33,36)/t23-,25-,28-,30+/m1/s1. The van der Waals surface area contributed by atoms with E-state index in [1.54, 1.807) is 0 Å². The molecule has 3 rings (SSSR count). The topological polar surface area (TPSA) is 144 Å². The Morgan fingerprint density at radius 2 is 1.59 bits per heavy atom. The van der Waals surface area contributed by atoms with Crippen molar-refractivity contribution in [2.45, 2.75) is 141 Å². The fraction of sp³-hybridized carbons (Fsp3) is 0.800. The summed E-state index contributed by atoms with van der Waals surface area (Å²) in [5.74, 6) is -2.41. The van der Waals surface area contributed by atoms with Gasteiger partial charge in [-0.1, -0.05) is 81.6 Å². The van der Waals surface area contributed by atoms with Crippen molar-refractivity contribution in [2.24, 2.45) is 0 Å². The summed E-state index contributed by atoms with van der Waals surface area (Å²) in [6.45, 7) is 18.9. The van der Waals surface area contributed by atoms with Crippen LogP contribution in [0.5, 0.6) is 0 Å². The van der Waals surface area contributed by atoms with E-state index >= 15 is 0 Å². The van der Waals surface area contributed by atoms with Crippen LogP contribution in [0.2, 0.25) is 22.2 Å². The SMILES string of the molecule is CCCCCC[C@]1(OC(=O)C(=O)OC)[C@@H]2O[Si](C(C)C)(C(C)C)O[Si](C(C)C)(C(C)C)OC[C@H]2O[C@H]1n1ccc(=O)[nH]c1=O. The van der Waals surface area contributed by atoms with Crippen molar-refractivity contribution in [1.29, 1.82) is 0 Å². The van der Waals surface area contributed by atoms with Crippen molar-refractivity contribution >= 4 is 29.1 Å². The third kappa shape index (κ3) is 6.85. The summed E-state index contributed by atoms with van der Waals surface area (Å²) in [4.78, 5) is 53.3. The summed E-state index contributed by atoms with van der Waals surface area (Å²) in [6, 6.07) is 1.20. The van der Waals surface area contributed by atoms with Gasteiger partial charge in [-0.05, 0) is 35.0 Å². The molecule has 3 heterocycles. The van der Waals surface area contributed by atoms with E-state index in [0.29, 0.717) is 6.42 Å². The number of fused-ring (bicyclic) bond motifs is 1. The Morgan fingerprint density at radius 1 is 0.977 bits per heavy atom. The largest absolute Gasteiger partial charge is 0.461 e. The maximum Gasteiger partial charge on any atom is 0.418 e. The molecule has 0 saturated carbocycles. The Kier molecular flexibility index (Phi) is 12.0. The fourth-order valence-electron chi connectivity index (χ4n) is 6.70. The Hall–Kier alpha value is -2.11. The van der Waals surface area contributed by atoms with Crippen molar-refractivity contribution in [3.8, 4) is 0 Å². The lowest BCUT2D eigenvalue weighted by atomic mass is 9.87. The second-order valence-corrected chi connectivity index (χ2v) is 22.0. The van der Waals surface area contributed by atoms with Gasteiger partial charge in [-0.15, -0.1) is 0 Å². The molecule has 12 nitrogen and oxygen atoms in total. The number of aromatic nitrogens is 2. The smallest absolute Gasteiger partial charge is 0.418 e. The molecular weight excluding hydrogens is 605 g/mol. The summed E-state index contributed by atoms with van der Waals surface area (Å²) in [5, 5.41) is 0. The molecule has 0 aromatic carbocycles. The first-order chi connectivity index (χ1) is 20.6. The number of hydrogen-bond acceptors (Lipinski definition) is 10. The van der Waals surface area contributed by atoms with E-state index in [0.717, 1.165) is 26.4 Å². The van der Waals surface area contributed by atoms with E-state index in [-0.39, 0.29) is 35.2 Å². The number of nitrogens with one attached hydrogen (secondary N) is 1. The van der Waals surface area contributed by atoms with Gasteiger partial charge in [0.1, 0.15) is 12.2 Å². The number of aromatic amines is 1. The third-order valence-corrected chi connectivity index (χ3v) is 19.3. The predicted molar refractivity (Wildman–Crippen MR) is 169 cm³/mol. The fourth-order valence-corrected chi connectivity index (χ4v) is 17.9.